The molecule has 2 heterocycles. The number of halogens is 1. The van der Waals surface area contributed by atoms with E-state index in [2.05, 4.69) is 15.5 Å². The fourth-order valence-corrected chi connectivity index (χ4v) is 4.70. The molecule has 5 rings (SSSR count). The minimum Gasteiger partial charge on any atom is -0.391 e. The molecular formula is C27H26ClN5O2. The first kappa shape index (κ1) is 23.1. The first-order valence-corrected chi connectivity index (χ1v) is 11.9. The van der Waals surface area contributed by atoms with Crippen molar-refractivity contribution in [3.8, 4) is 0 Å². The highest BCUT2D eigenvalue weighted by atomic mass is 35.5. The van der Waals surface area contributed by atoms with Gasteiger partial charge in [0.1, 0.15) is 6.33 Å². The van der Waals surface area contributed by atoms with Crippen LogP contribution in [0.15, 0.2) is 91.3 Å². The number of benzene rings is 3. The van der Waals surface area contributed by atoms with E-state index < -0.39 is 12.1 Å². The molecule has 0 saturated carbocycles. The van der Waals surface area contributed by atoms with E-state index in [1.54, 1.807) is 11.2 Å². The highest BCUT2D eigenvalue weighted by Gasteiger charge is 2.39. The molecule has 1 fully saturated rings. The number of carbonyl (C=O) groups excluding carboxylic acids is 1. The van der Waals surface area contributed by atoms with Gasteiger partial charge in [0.15, 0.2) is 5.82 Å². The maximum absolute atomic E-state index is 13.6. The minimum absolute atomic E-state index is 0.223. The Morgan fingerprint density at radius 1 is 1.00 bits per heavy atom. The summed E-state index contributed by atoms with van der Waals surface area (Å²) in [5, 5.41) is 22.8. The van der Waals surface area contributed by atoms with E-state index in [1.165, 1.54) is 0 Å². The molecule has 3 aromatic carbocycles. The van der Waals surface area contributed by atoms with Crippen LogP contribution in [0.1, 0.15) is 41.0 Å². The molecule has 1 saturated heterocycles. The number of aliphatic hydroxyl groups is 1. The van der Waals surface area contributed by atoms with Crippen molar-refractivity contribution >= 4 is 17.6 Å². The number of rotatable bonds is 6. The normalized spacial score (nSPS) is 17.6. The van der Waals surface area contributed by atoms with Gasteiger partial charge >= 0.3 is 6.03 Å². The summed E-state index contributed by atoms with van der Waals surface area (Å²) in [4.78, 5) is 15.3. The number of hydrogen-bond donors (Lipinski definition) is 2. The van der Waals surface area contributed by atoms with Crippen LogP contribution in [0.25, 0.3) is 0 Å². The average Bonchev–Trinajstić information content (AvgIpc) is 3.51. The van der Waals surface area contributed by atoms with Crippen LogP contribution in [0.4, 0.5) is 4.79 Å². The molecule has 7 nitrogen and oxygen atoms in total. The van der Waals surface area contributed by atoms with Gasteiger partial charge < -0.3 is 19.9 Å². The number of aromatic nitrogens is 3. The molecule has 2 atom stereocenters. The summed E-state index contributed by atoms with van der Waals surface area (Å²) in [6.07, 6.45) is 1.41. The highest BCUT2D eigenvalue weighted by molar-refractivity contribution is 6.30. The maximum Gasteiger partial charge on any atom is 0.318 e. The third-order valence-electron chi connectivity index (χ3n) is 6.28. The Hall–Kier alpha value is -3.68. The predicted molar refractivity (Wildman–Crippen MR) is 134 cm³/mol. The van der Waals surface area contributed by atoms with Crippen LogP contribution >= 0.6 is 11.6 Å². The monoisotopic (exact) mass is 487 g/mol. The Labute approximate surface area is 209 Å². The number of hydrogen-bond acceptors (Lipinski definition) is 4. The maximum atomic E-state index is 13.6. The second-order valence-corrected chi connectivity index (χ2v) is 9.14. The van der Waals surface area contributed by atoms with E-state index in [0.717, 1.165) is 16.7 Å². The van der Waals surface area contributed by atoms with Crippen LogP contribution in [0.5, 0.6) is 0 Å². The van der Waals surface area contributed by atoms with E-state index in [9.17, 15) is 9.90 Å². The topological polar surface area (TPSA) is 83.3 Å². The zero-order valence-electron chi connectivity index (χ0n) is 19.0. The lowest BCUT2D eigenvalue weighted by atomic mass is 9.99. The summed E-state index contributed by atoms with van der Waals surface area (Å²) < 4.78 is 1.91. The van der Waals surface area contributed by atoms with Crippen molar-refractivity contribution in [3.63, 3.8) is 0 Å². The molecule has 8 heteroatoms. The summed E-state index contributed by atoms with van der Waals surface area (Å²) in [5.41, 5.74) is 3.00. The first-order valence-electron chi connectivity index (χ1n) is 11.6. The summed E-state index contributed by atoms with van der Waals surface area (Å²) in [6, 6.07) is 26.3. The van der Waals surface area contributed by atoms with Crippen LogP contribution in [-0.2, 0) is 6.54 Å². The Morgan fingerprint density at radius 3 is 2.26 bits per heavy atom. The smallest absolute Gasteiger partial charge is 0.318 e. The predicted octanol–water partition coefficient (Wildman–Crippen LogP) is 4.59. The van der Waals surface area contributed by atoms with Crippen LogP contribution < -0.4 is 5.32 Å². The quantitative estimate of drug-likeness (QED) is 0.417. The highest BCUT2D eigenvalue weighted by Crippen LogP contribution is 2.32. The molecule has 35 heavy (non-hydrogen) atoms. The number of nitrogens with zero attached hydrogens (tertiary/aromatic N) is 4. The van der Waals surface area contributed by atoms with Gasteiger partial charge in [0.2, 0.25) is 0 Å². The molecule has 1 aromatic heterocycles. The van der Waals surface area contributed by atoms with Gasteiger partial charge in [-0.3, -0.25) is 0 Å². The van der Waals surface area contributed by atoms with Gasteiger partial charge in [-0.15, -0.1) is 10.2 Å². The summed E-state index contributed by atoms with van der Waals surface area (Å²) in [6.45, 7) is 0.763. The zero-order valence-corrected chi connectivity index (χ0v) is 19.8. The van der Waals surface area contributed by atoms with E-state index in [-0.39, 0.29) is 18.6 Å². The number of carbonyl (C=O) groups is 1. The van der Waals surface area contributed by atoms with Crippen molar-refractivity contribution in [2.75, 3.05) is 6.54 Å². The van der Waals surface area contributed by atoms with Crippen LogP contribution in [0.2, 0.25) is 5.02 Å². The van der Waals surface area contributed by atoms with Gasteiger partial charge in [-0.05, 0) is 28.8 Å². The molecule has 1 aliphatic rings. The van der Waals surface area contributed by atoms with E-state index >= 15 is 0 Å². The molecule has 1 aliphatic heterocycles. The second kappa shape index (κ2) is 10.3. The Kier molecular flexibility index (Phi) is 6.79. The van der Waals surface area contributed by atoms with Crippen molar-refractivity contribution in [2.45, 2.75) is 31.2 Å². The molecule has 4 aromatic rings. The SMILES string of the molecule is O=C(NC(c1ccccc1)c1ccccc1)N1C[C@H](O)C[C@@H]1c1nncn1Cc1ccc(Cl)cc1. The van der Waals surface area contributed by atoms with Gasteiger partial charge in [-0.1, -0.05) is 84.4 Å². The van der Waals surface area contributed by atoms with Crippen molar-refractivity contribution < 1.29 is 9.90 Å². The van der Waals surface area contributed by atoms with Crippen LogP contribution in [-0.4, -0.2) is 43.5 Å². The molecule has 178 valence electrons. The summed E-state index contributed by atoms with van der Waals surface area (Å²) in [7, 11) is 0. The standard InChI is InChI=1S/C27H26ClN5O2/c28-22-13-11-19(12-14-22)16-32-18-29-31-26(32)24-15-23(34)17-33(24)27(35)30-25(20-7-3-1-4-8-20)21-9-5-2-6-10-21/h1-14,18,23-25,34H,15-17H2,(H,30,35)/t23-,24-/m1/s1. The third kappa shape index (κ3) is 5.21. The van der Waals surface area contributed by atoms with E-state index in [0.29, 0.717) is 23.8 Å². The molecule has 0 unspecified atom stereocenters. The van der Waals surface area contributed by atoms with Gasteiger partial charge in [0.05, 0.1) is 24.7 Å². The molecular weight excluding hydrogens is 462 g/mol. The first-order chi connectivity index (χ1) is 17.1. The number of β-amino-alcohol motifs (C(OH)–C–C–N with tert-alkyl or cyclic N) is 1. The zero-order chi connectivity index (χ0) is 24.2. The summed E-state index contributed by atoms with van der Waals surface area (Å²) >= 11 is 6.02. The van der Waals surface area contributed by atoms with Crippen LogP contribution in [0.3, 0.4) is 0 Å². The van der Waals surface area contributed by atoms with Crippen molar-refractivity contribution in [3.05, 3.63) is 119 Å². The Balaban J connectivity index is 1.40. The van der Waals surface area contributed by atoms with Crippen molar-refractivity contribution in [2.24, 2.45) is 0 Å². The lowest BCUT2D eigenvalue weighted by Crippen LogP contribution is -2.42. The van der Waals surface area contributed by atoms with Gasteiger partial charge in [0, 0.05) is 18.0 Å². The molecule has 0 aliphatic carbocycles. The molecule has 2 N–H and O–H groups in total. The molecule has 2 amide bonds. The average molecular weight is 488 g/mol. The summed E-state index contributed by atoms with van der Waals surface area (Å²) in [5.74, 6) is 0.641. The lowest BCUT2D eigenvalue weighted by Gasteiger charge is -2.28. The molecule has 0 radical (unpaired) electrons. The molecule has 0 spiro atoms. The fourth-order valence-electron chi connectivity index (χ4n) is 4.57. The lowest BCUT2D eigenvalue weighted by molar-refractivity contribution is 0.167. The molecule has 0 bridgehead atoms. The van der Waals surface area contributed by atoms with Gasteiger partial charge in [-0.25, -0.2) is 4.79 Å². The Bertz CT molecular complexity index is 1220. The third-order valence-corrected chi connectivity index (χ3v) is 6.54. The van der Waals surface area contributed by atoms with Crippen molar-refractivity contribution in [1.29, 1.82) is 0 Å². The van der Waals surface area contributed by atoms with E-state index in [4.69, 9.17) is 11.6 Å². The number of likely N-dealkylation sites (tertiary alicyclic amines) is 1. The number of amides is 2. The largest absolute Gasteiger partial charge is 0.391 e. The number of urea groups is 1. The van der Waals surface area contributed by atoms with Gasteiger partial charge in [-0.2, -0.15) is 0 Å². The Morgan fingerprint density at radius 2 is 1.63 bits per heavy atom. The minimum atomic E-state index is -0.640. The van der Waals surface area contributed by atoms with Gasteiger partial charge in [0.25, 0.3) is 0 Å². The fraction of sp³-hybridized carbons (Fsp3) is 0.222. The van der Waals surface area contributed by atoms with Crippen LogP contribution in [0, 0.1) is 0 Å². The number of aliphatic hydroxyl groups excluding tert-OH is 1. The van der Waals surface area contributed by atoms with Crippen molar-refractivity contribution in [1.82, 2.24) is 25.0 Å². The van der Waals surface area contributed by atoms with E-state index in [1.807, 2.05) is 89.5 Å². The number of nitrogens with one attached hydrogen (secondary N) is 1. The second-order valence-electron chi connectivity index (χ2n) is 8.71.